The van der Waals surface area contributed by atoms with Crippen LogP contribution in [-0.2, 0) is 9.59 Å². The van der Waals surface area contributed by atoms with Crippen LogP contribution in [0.2, 0.25) is 0 Å². The van der Waals surface area contributed by atoms with Gasteiger partial charge in [0.2, 0.25) is 11.8 Å². The van der Waals surface area contributed by atoms with Crippen molar-refractivity contribution in [1.82, 2.24) is 5.32 Å². The van der Waals surface area contributed by atoms with Gasteiger partial charge >= 0.3 is 0 Å². The smallest absolute Gasteiger partial charge is 0.227 e. The zero-order chi connectivity index (χ0) is 16.1. The number of para-hydroxylation sites is 1. The van der Waals surface area contributed by atoms with Gasteiger partial charge in [-0.25, -0.2) is 0 Å². The van der Waals surface area contributed by atoms with E-state index in [9.17, 15) is 9.59 Å². The van der Waals surface area contributed by atoms with E-state index in [1.807, 2.05) is 18.2 Å². The van der Waals surface area contributed by atoms with Crippen LogP contribution in [0.1, 0.15) is 38.2 Å². The van der Waals surface area contributed by atoms with Crippen molar-refractivity contribution in [3.8, 4) is 12.3 Å². The molecule has 2 atom stereocenters. The number of benzene rings is 1. The van der Waals surface area contributed by atoms with Crippen molar-refractivity contribution in [3.05, 3.63) is 29.8 Å². The molecule has 2 amide bonds. The Morgan fingerprint density at radius 3 is 2.91 bits per heavy atom. The van der Waals surface area contributed by atoms with E-state index in [0.717, 1.165) is 17.7 Å². The molecule has 1 aromatic rings. The lowest BCUT2D eigenvalue weighted by Gasteiger charge is -2.23. The molecule has 1 aliphatic heterocycles. The summed E-state index contributed by atoms with van der Waals surface area (Å²) in [5.74, 6) is 2.28. The molecule has 116 valence electrons. The molecular weight excluding hydrogens is 276 g/mol. The fourth-order valence-corrected chi connectivity index (χ4v) is 2.77. The van der Waals surface area contributed by atoms with E-state index in [1.54, 1.807) is 4.90 Å². The van der Waals surface area contributed by atoms with Crippen molar-refractivity contribution in [2.24, 2.45) is 5.92 Å². The Bertz CT molecular complexity index is 603. The molecule has 1 N–H and O–H groups in total. The number of rotatable bonds is 5. The average Bonchev–Trinajstić information content (AvgIpc) is 2.93. The second-order valence-electron chi connectivity index (χ2n) is 5.70. The molecule has 2 unspecified atom stereocenters. The van der Waals surface area contributed by atoms with Gasteiger partial charge in [0.15, 0.2) is 0 Å². The maximum atomic E-state index is 12.3. The number of terminal acetylenes is 1. The molecule has 0 bridgehead atoms. The maximum absolute atomic E-state index is 12.3. The highest BCUT2D eigenvalue weighted by Gasteiger charge is 2.35. The first-order valence-electron chi connectivity index (χ1n) is 7.68. The van der Waals surface area contributed by atoms with Gasteiger partial charge < -0.3 is 10.2 Å². The van der Waals surface area contributed by atoms with Crippen molar-refractivity contribution in [3.63, 3.8) is 0 Å². The quantitative estimate of drug-likeness (QED) is 0.848. The Kier molecular flexibility index (Phi) is 5.21. The molecule has 1 fully saturated rings. The Balaban J connectivity index is 2.19. The molecule has 4 nitrogen and oxygen atoms in total. The van der Waals surface area contributed by atoms with E-state index in [-0.39, 0.29) is 30.7 Å². The highest BCUT2D eigenvalue weighted by Crippen LogP contribution is 2.33. The fraction of sp³-hybridized carbons (Fsp3) is 0.444. The first kappa shape index (κ1) is 16.1. The summed E-state index contributed by atoms with van der Waals surface area (Å²) in [6, 6.07) is 7.94. The number of carbonyl (C=O) groups excluding carboxylic acids is 2. The Morgan fingerprint density at radius 1 is 1.50 bits per heavy atom. The second-order valence-corrected chi connectivity index (χ2v) is 5.70. The molecule has 0 saturated carbocycles. The van der Waals surface area contributed by atoms with Gasteiger partial charge in [0.05, 0.1) is 12.5 Å². The molecular formula is C18H22N2O2. The Hall–Kier alpha value is -2.28. The maximum Gasteiger partial charge on any atom is 0.227 e. The lowest BCUT2D eigenvalue weighted by Crippen LogP contribution is -2.33. The van der Waals surface area contributed by atoms with Crippen LogP contribution in [-0.4, -0.2) is 24.9 Å². The molecule has 1 aliphatic rings. The molecule has 1 heterocycles. The highest BCUT2D eigenvalue weighted by molar-refractivity contribution is 6.00. The van der Waals surface area contributed by atoms with Gasteiger partial charge in [-0.15, -0.1) is 6.42 Å². The topological polar surface area (TPSA) is 49.4 Å². The number of amides is 2. The first-order valence-corrected chi connectivity index (χ1v) is 7.68. The minimum Gasteiger partial charge on any atom is -0.345 e. The molecule has 22 heavy (non-hydrogen) atoms. The third-order valence-electron chi connectivity index (χ3n) is 4.23. The predicted molar refractivity (Wildman–Crippen MR) is 87.5 cm³/mol. The van der Waals surface area contributed by atoms with Gasteiger partial charge in [0, 0.05) is 18.7 Å². The zero-order valence-electron chi connectivity index (χ0n) is 13.1. The number of nitrogens with zero attached hydrogens (tertiary/aromatic N) is 1. The van der Waals surface area contributed by atoms with Crippen LogP contribution in [0, 0.1) is 18.3 Å². The number of anilines is 1. The third kappa shape index (κ3) is 3.30. The third-order valence-corrected chi connectivity index (χ3v) is 4.23. The van der Waals surface area contributed by atoms with Crippen LogP contribution < -0.4 is 10.2 Å². The van der Waals surface area contributed by atoms with Crippen LogP contribution in [0.3, 0.4) is 0 Å². The van der Waals surface area contributed by atoms with Crippen LogP contribution in [0.4, 0.5) is 5.69 Å². The van der Waals surface area contributed by atoms with Crippen molar-refractivity contribution < 1.29 is 9.59 Å². The Labute approximate surface area is 131 Å². The normalized spacial score (nSPS) is 18.9. The summed E-state index contributed by atoms with van der Waals surface area (Å²) in [4.78, 5) is 26.1. The molecule has 2 rings (SSSR count). The van der Waals surface area contributed by atoms with Crippen molar-refractivity contribution in [2.75, 3.05) is 18.0 Å². The minimum atomic E-state index is -0.328. The summed E-state index contributed by atoms with van der Waals surface area (Å²) >= 11 is 0. The van der Waals surface area contributed by atoms with E-state index >= 15 is 0 Å². The molecule has 1 saturated heterocycles. The molecule has 0 spiro atoms. The molecule has 4 heteroatoms. The SMILES string of the molecule is C#CCNC(=O)C1CC(=O)N(c2ccccc2C(C)CC)C1. The predicted octanol–water partition coefficient (Wildman–Crippen LogP) is 2.30. The lowest BCUT2D eigenvalue weighted by molar-refractivity contribution is -0.126. The van der Waals surface area contributed by atoms with Gasteiger partial charge in [0.1, 0.15) is 0 Å². The zero-order valence-corrected chi connectivity index (χ0v) is 13.1. The summed E-state index contributed by atoms with van der Waals surface area (Å²) in [5, 5.41) is 2.66. The number of hydrogen-bond donors (Lipinski definition) is 1. The van der Waals surface area contributed by atoms with Crippen molar-refractivity contribution in [2.45, 2.75) is 32.6 Å². The summed E-state index contributed by atoms with van der Waals surface area (Å²) in [5.41, 5.74) is 2.08. The standard InChI is InChI=1S/C18H22N2O2/c1-4-10-19-18(22)14-11-17(21)20(12-14)16-9-7-6-8-15(16)13(3)5-2/h1,6-9,13-14H,5,10-12H2,2-3H3,(H,19,22). The van der Waals surface area contributed by atoms with Crippen LogP contribution in [0.5, 0.6) is 0 Å². The minimum absolute atomic E-state index is 0.00314. The summed E-state index contributed by atoms with van der Waals surface area (Å²) in [6.45, 7) is 4.90. The fourth-order valence-electron chi connectivity index (χ4n) is 2.77. The molecule has 0 aliphatic carbocycles. The van der Waals surface area contributed by atoms with Crippen LogP contribution in [0.25, 0.3) is 0 Å². The van der Waals surface area contributed by atoms with Crippen molar-refractivity contribution >= 4 is 17.5 Å². The largest absolute Gasteiger partial charge is 0.345 e. The number of hydrogen-bond acceptors (Lipinski definition) is 2. The van der Waals surface area contributed by atoms with Crippen molar-refractivity contribution in [1.29, 1.82) is 0 Å². The van der Waals surface area contributed by atoms with E-state index < -0.39 is 0 Å². The second kappa shape index (κ2) is 7.13. The summed E-state index contributed by atoms with van der Waals surface area (Å²) in [6.07, 6.45) is 6.39. The summed E-state index contributed by atoms with van der Waals surface area (Å²) < 4.78 is 0. The van der Waals surface area contributed by atoms with E-state index in [1.165, 1.54) is 0 Å². The average molecular weight is 298 g/mol. The van der Waals surface area contributed by atoms with E-state index in [4.69, 9.17) is 6.42 Å². The monoisotopic (exact) mass is 298 g/mol. The van der Waals surface area contributed by atoms with E-state index in [2.05, 4.69) is 31.2 Å². The van der Waals surface area contributed by atoms with E-state index in [0.29, 0.717) is 12.5 Å². The van der Waals surface area contributed by atoms with Gasteiger partial charge in [-0.3, -0.25) is 9.59 Å². The van der Waals surface area contributed by atoms with Gasteiger partial charge in [-0.1, -0.05) is 38.0 Å². The molecule has 0 radical (unpaired) electrons. The van der Waals surface area contributed by atoms with Gasteiger partial charge in [-0.2, -0.15) is 0 Å². The van der Waals surface area contributed by atoms with Gasteiger partial charge in [0.25, 0.3) is 0 Å². The Morgan fingerprint density at radius 2 is 2.23 bits per heavy atom. The molecule has 1 aromatic carbocycles. The number of nitrogens with one attached hydrogen (secondary N) is 1. The van der Waals surface area contributed by atoms with Crippen LogP contribution in [0.15, 0.2) is 24.3 Å². The highest BCUT2D eigenvalue weighted by atomic mass is 16.2. The van der Waals surface area contributed by atoms with Gasteiger partial charge in [-0.05, 0) is 24.0 Å². The van der Waals surface area contributed by atoms with Crippen LogP contribution >= 0.6 is 0 Å². The molecule has 0 aromatic heterocycles. The lowest BCUT2D eigenvalue weighted by atomic mass is 9.96. The summed E-state index contributed by atoms with van der Waals surface area (Å²) in [7, 11) is 0. The first-order chi connectivity index (χ1) is 10.6. The number of carbonyl (C=O) groups is 2.